The van der Waals surface area contributed by atoms with E-state index in [1.54, 1.807) is 25.4 Å². The van der Waals surface area contributed by atoms with Gasteiger partial charge in [-0.2, -0.15) is 0 Å². The molecule has 2 rings (SSSR count). The highest BCUT2D eigenvalue weighted by Gasteiger charge is 2.13. The average molecular weight is 387 g/mol. The Bertz CT molecular complexity index is 636. The first-order valence-electron chi connectivity index (χ1n) is 8.43. The van der Waals surface area contributed by atoms with Crippen LogP contribution < -0.4 is 20.1 Å². The van der Waals surface area contributed by atoms with Gasteiger partial charge in [0.05, 0.1) is 18.2 Å². The van der Waals surface area contributed by atoms with Gasteiger partial charge >= 0.3 is 0 Å². The smallest absolute Gasteiger partial charge is 0.180 e. The molecular weight excluding hydrogens is 360 g/mol. The molecule has 0 bridgehead atoms. The zero-order valence-electron chi connectivity index (χ0n) is 14.7. The number of hydrogen-bond acceptors (Lipinski definition) is 4. The highest BCUT2D eigenvalue weighted by Crippen LogP contribution is 2.37. The molecule has 0 unspecified atom stereocenters. The van der Waals surface area contributed by atoms with E-state index in [1.165, 1.54) is 0 Å². The van der Waals surface area contributed by atoms with Crippen LogP contribution in [0, 0.1) is 0 Å². The summed E-state index contributed by atoms with van der Waals surface area (Å²) >= 11 is 8.05. The van der Waals surface area contributed by atoms with Crippen molar-refractivity contribution in [2.24, 2.45) is 0 Å². The number of nitrogens with two attached hydrogens (primary N) is 2. The molecule has 7 heteroatoms. The van der Waals surface area contributed by atoms with Gasteiger partial charge in [0.15, 0.2) is 11.5 Å². The number of benzene rings is 1. The largest absolute Gasteiger partial charge is 0.493 e. The van der Waals surface area contributed by atoms with E-state index in [-0.39, 0.29) is 6.10 Å². The molecule has 1 aromatic heterocycles. The van der Waals surface area contributed by atoms with E-state index in [9.17, 15) is 5.11 Å². The van der Waals surface area contributed by atoms with Gasteiger partial charge in [-0.05, 0) is 30.5 Å². The van der Waals surface area contributed by atoms with Gasteiger partial charge < -0.3 is 25.2 Å². The number of aliphatic hydroxyl groups excluding tert-OH is 1. The maximum absolute atomic E-state index is 9.22. The summed E-state index contributed by atoms with van der Waals surface area (Å²) in [6.07, 6.45) is -0.259. The fourth-order valence-electron chi connectivity index (χ4n) is 2.43. The Labute approximate surface area is 157 Å². The zero-order chi connectivity index (χ0) is 18.1. The molecule has 138 valence electrons. The molecule has 5 N–H and O–H groups in total. The molecule has 0 aliphatic rings. The number of methoxy groups -OCH3 is 1. The molecule has 2 aromatic rings. The van der Waals surface area contributed by atoms with Crippen LogP contribution in [-0.2, 0) is 13.2 Å². The third kappa shape index (κ3) is 6.84. The van der Waals surface area contributed by atoms with E-state index in [4.69, 9.17) is 21.1 Å². The van der Waals surface area contributed by atoms with Gasteiger partial charge in [0.25, 0.3) is 0 Å². The van der Waals surface area contributed by atoms with Crippen molar-refractivity contribution in [3.63, 3.8) is 0 Å². The van der Waals surface area contributed by atoms with E-state index in [1.807, 2.05) is 29.6 Å². The summed E-state index contributed by atoms with van der Waals surface area (Å²) in [5.41, 5.74) is 1.10. The topological polar surface area (TPSA) is 71.9 Å². The van der Waals surface area contributed by atoms with Gasteiger partial charge in [0.2, 0.25) is 0 Å². The first-order chi connectivity index (χ1) is 12.1. The lowest BCUT2D eigenvalue weighted by atomic mass is 10.2. The van der Waals surface area contributed by atoms with Crippen molar-refractivity contribution < 1.29 is 25.2 Å². The van der Waals surface area contributed by atoms with E-state index in [0.29, 0.717) is 23.1 Å². The molecule has 0 spiro atoms. The highest BCUT2D eigenvalue weighted by atomic mass is 35.5. The number of quaternary nitrogens is 2. The van der Waals surface area contributed by atoms with Crippen LogP contribution >= 0.6 is 22.9 Å². The predicted octanol–water partition coefficient (Wildman–Crippen LogP) is 0.997. The van der Waals surface area contributed by atoms with E-state index in [0.717, 1.165) is 36.6 Å². The second-order valence-corrected chi connectivity index (χ2v) is 7.36. The molecule has 0 radical (unpaired) electrons. The summed E-state index contributed by atoms with van der Waals surface area (Å²) in [5.74, 6) is 1.25. The lowest BCUT2D eigenvalue weighted by Crippen LogP contribution is -2.95. The number of rotatable bonds is 11. The normalized spacial score (nSPS) is 12.2. The standard InChI is InChI=1S/C18H25ClN2O3S/c1-13(22)10-20-5-6-21-11-14-8-16(19)18(17(9-14)23-2)24-12-15-4-3-7-25-15/h3-4,7-9,13,20-22H,5-6,10-12H2,1-2H3/p+2/t13-/m0/s1. The molecule has 0 amide bonds. The van der Waals surface area contributed by atoms with Gasteiger partial charge in [-0.25, -0.2) is 0 Å². The van der Waals surface area contributed by atoms with Crippen molar-refractivity contribution in [3.05, 3.63) is 45.1 Å². The maximum atomic E-state index is 9.22. The molecule has 0 fully saturated rings. The summed E-state index contributed by atoms with van der Waals surface area (Å²) in [4.78, 5) is 1.14. The van der Waals surface area contributed by atoms with Gasteiger partial charge in [-0.15, -0.1) is 11.3 Å². The molecule has 0 aliphatic carbocycles. The Kier molecular flexibility index (Phi) is 8.51. The minimum absolute atomic E-state index is 0.259. The Morgan fingerprint density at radius 3 is 2.76 bits per heavy atom. The van der Waals surface area contributed by atoms with Gasteiger partial charge in [-0.3, -0.25) is 0 Å². The van der Waals surface area contributed by atoms with Crippen molar-refractivity contribution in [1.29, 1.82) is 0 Å². The minimum atomic E-state index is -0.259. The molecule has 0 aliphatic heterocycles. The Morgan fingerprint density at radius 1 is 1.28 bits per heavy atom. The second-order valence-electron chi connectivity index (χ2n) is 5.92. The van der Waals surface area contributed by atoms with Crippen LogP contribution in [0.4, 0.5) is 0 Å². The summed E-state index contributed by atoms with van der Waals surface area (Å²) in [6.45, 7) is 5.80. The molecule has 1 aromatic carbocycles. The molecule has 0 saturated carbocycles. The van der Waals surface area contributed by atoms with Crippen molar-refractivity contribution in [3.8, 4) is 11.5 Å². The Balaban J connectivity index is 1.87. The van der Waals surface area contributed by atoms with E-state index >= 15 is 0 Å². The van der Waals surface area contributed by atoms with Crippen LogP contribution in [0.2, 0.25) is 5.02 Å². The number of thiophene rings is 1. The van der Waals surface area contributed by atoms with Crippen molar-refractivity contribution in [2.75, 3.05) is 26.7 Å². The zero-order valence-corrected chi connectivity index (χ0v) is 16.3. The lowest BCUT2D eigenvalue weighted by molar-refractivity contribution is -0.733. The maximum Gasteiger partial charge on any atom is 0.180 e. The van der Waals surface area contributed by atoms with Crippen LogP contribution in [0.5, 0.6) is 11.5 Å². The van der Waals surface area contributed by atoms with Crippen molar-refractivity contribution >= 4 is 22.9 Å². The van der Waals surface area contributed by atoms with E-state index < -0.39 is 0 Å². The van der Waals surface area contributed by atoms with Gasteiger partial charge in [-0.1, -0.05) is 17.7 Å². The number of ether oxygens (including phenoxy) is 2. The highest BCUT2D eigenvalue weighted by molar-refractivity contribution is 7.09. The number of hydrogen-bond donors (Lipinski definition) is 3. The SMILES string of the molecule is COc1cc(C[NH2+]CC[NH2+]C[C@H](C)O)cc(Cl)c1OCc1cccs1. The van der Waals surface area contributed by atoms with Crippen LogP contribution in [0.25, 0.3) is 0 Å². The minimum Gasteiger partial charge on any atom is -0.493 e. The quantitative estimate of drug-likeness (QED) is 0.504. The number of aliphatic hydroxyl groups is 1. The van der Waals surface area contributed by atoms with Gasteiger partial charge in [0.1, 0.15) is 32.8 Å². The van der Waals surface area contributed by atoms with Crippen molar-refractivity contribution in [1.82, 2.24) is 0 Å². The molecule has 1 heterocycles. The lowest BCUT2D eigenvalue weighted by Gasteiger charge is -2.13. The summed E-state index contributed by atoms with van der Waals surface area (Å²) < 4.78 is 11.3. The first-order valence-corrected chi connectivity index (χ1v) is 9.69. The van der Waals surface area contributed by atoms with Crippen molar-refractivity contribution in [2.45, 2.75) is 26.2 Å². The Hall–Kier alpha value is -1.31. The molecule has 25 heavy (non-hydrogen) atoms. The monoisotopic (exact) mass is 386 g/mol. The fraction of sp³-hybridized carbons (Fsp3) is 0.444. The summed E-state index contributed by atoms with van der Waals surface area (Å²) in [7, 11) is 1.63. The summed E-state index contributed by atoms with van der Waals surface area (Å²) in [6, 6.07) is 7.94. The number of halogens is 1. The third-order valence-corrected chi connectivity index (χ3v) is 4.82. The molecule has 1 atom stereocenters. The molecule has 0 saturated heterocycles. The van der Waals surface area contributed by atoms with Gasteiger partial charge in [0, 0.05) is 10.4 Å². The average Bonchev–Trinajstić information content (AvgIpc) is 3.09. The second kappa shape index (κ2) is 10.6. The van der Waals surface area contributed by atoms with Crippen LogP contribution in [0.3, 0.4) is 0 Å². The van der Waals surface area contributed by atoms with Crippen LogP contribution in [0.1, 0.15) is 17.4 Å². The molecular formula is C18H27ClN2O3S+2. The Morgan fingerprint density at radius 2 is 2.08 bits per heavy atom. The fourth-order valence-corrected chi connectivity index (χ4v) is 3.34. The predicted molar refractivity (Wildman–Crippen MR) is 100 cm³/mol. The van der Waals surface area contributed by atoms with E-state index in [2.05, 4.69) is 10.6 Å². The first kappa shape index (κ1) is 20.0. The summed E-state index contributed by atoms with van der Waals surface area (Å²) in [5, 5.41) is 16.2. The van der Waals surface area contributed by atoms with Crippen LogP contribution in [-0.4, -0.2) is 38.0 Å². The molecule has 5 nitrogen and oxygen atoms in total. The van der Waals surface area contributed by atoms with Crippen LogP contribution in [0.15, 0.2) is 29.6 Å². The third-order valence-electron chi connectivity index (χ3n) is 3.69.